The molecule has 2 bridgehead atoms. The van der Waals surface area contributed by atoms with Crippen LogP contribution in [-0.2, 0) is 15.4 Å². The van der Waals surface area contributed by atoms with E-state index in [0.29, 0.717) is 37.0 Å². The number of fused-ring (bicyclic) bond motifs is 3. The van der Waals surface area contributed by atoms with Gasteiger partial charge in [-0.15, -0.1) is 0 Å². The lowest BCUT2D eigenvalue weighted by Gasteiger charge is -2.45. The van der Waals surface area contributed by atoms with Crippen LogP contribution in [0.1, 0.15) is 79.7 Å². The van der Waals surface area contributed by atoms with Gasteiger partial charge in [0.1, 0.15) is 28.2 Å². The summed E-state index contributed by atoms with van der Waals surface area (Å²) in [6, 6.07) is 17.5. The molecular formula is C37H42F3N5O3S. The zero-order chi connectivity index (χ0) is 34.5. The summed E-state index contributed by atoms with van der Waals surface area (Å²) >= 11 is 0. The van der Waals surface area contributed by atoms with Gasteiger partial charge in [0.2, 0.25) is 10.0 Å². The zero-order valence-electron chi connectivity index (χ0n) is 27.8. The summed E-state index contributed by atoms with van der Waals surface area (Å²) in [5, 5.41) is 0. The summed E-state index contributed by atoms with van der Waals surface area (Å²) in [7, 11) is -4.26. The molecule has 7 rings (SSSR count). The number of piperidine rings is 2. The Morgan fingerprint density at radius 3 is 2.35 bits per heavy atom. The van der Waals surface area contributed by atoms with Crippen molar-refractivity contribution in [3.8, 4) is 0 Å². The number of rotatable bonds is 9. The fourth-order valence-corrected chi connectivity index (χ4v) is 9.89. The van der Waals surface area contributed by atoms with E-state index in [2.05, 4.69) is 39.3 Å². The molecule has 8 nitrogen and oxygen atoms in total. The average molecular weight is 694 g/mol. The van der Waals surface area contributed by atoms with Gasteiger partial charge in [0.15, 0.2) is 0 Å². The van der Waals surface area contributed by atoms with Gasteiger partial charge in [0.25, 0.3) is 5.91 Å². The number of carbonyl (C=O) groups excluding carboxylic acids is 1. The lowest BCUT2D eigenvalue weighted by molar-refractivity contribution is 0.0602. The number of imidazole rings is 1. The number of hydrogen-bond donors (Lipinski definition) is 1. The minimum absolute atomic E-state index is 0.0116. The molecule has 1 aromatic heterocycles. The third-order valence-corrected chi connectivity index (χ3v) is 12.7. The largest absolute Gasteiger partial charge is 0.338 e. The van der Waals surface area contributed by atoms with Crippen LogP contribution in [-0.4, -0.2) is 71.9 Å². The van der Waals surface area contributed by atoms with Crippen molar-refractivity contribution in [3.05, 3.63) is 95.1 Å². The first-order valence-electron chi connectivity index (χ1n) is 17.2. The van der Waals surface area contributed by atoms with Crippen LogP contribution in [0.2, 0.25) is 0 Å². The molecule has 3 aliphatic rings. The molecule has 49 heavy (non-hydrogen) atoms. The normalized spacial score (nSPS) is 22.6. The van der Waals surface area contributed by atoms with Crippen LogP contribution in [0, 0.1) is 24.4 Å². The molecule has 1 amide bonds. The summed E-state index contributed by atoms with van der Waals surface area (Å²) in [6.45, 7) is 5.02. The number of para-hydroxylation sites is 2. The lowest BCUT2D eigenvalue weighted by atomic mass is 9.70. The zero-order valence-corrected chi connectivity index (χ0v) is 28.7. The fourth-order valence-electron chi connectivity index (χ4n) is 8.77. The highest BCUT2D eigenvalue weighted by Gasteiger charge is 2.44. The number of aryl methyl sites for hydroxylation is 1. The predicted molar refractivity (Wildman–Crippen MR) is 181 cm³/mol. The third kappa shape index (κ3) is 6.27. The highest BCUT2D eigenvalue weighted by Crippen LogP contribution is 2.45. The second kappa shape index (κ2) is 13.2. The van der Waals surface area contributed by atoms with Gasteiger partial charge in [-0.2, -0.15) is 0 Å². The smallest absolute Gasteiger partial charge is 0.256 e. The molecule has 1 unspecified atom stereocenters. The maximum Gasteiger partial charge on any atom is 0.256 e. The molecule has 0 spiro atoms. The third-order valence-electron chi connectivity index (χ3n) is 11.2. The van der Waals surface area contributed by atoms with Crippen LogP contribution in [0.5, 0.6) is 0 Å². The number of benzene rings is 3. The van der Waals surface area contributed by atoms with Crippen LogP contribution in [0.25, 0.3) is 11.0 Å². The van der Waals surface area contributed by atoms with E-state index in [4.69, 9.17) is 4.98 Å². The topological polar surface area (TPSA) is 87.5 Å². The van der Waals surface area contributed by atoms with Gasteiger partial charge >= 0.3 is 0 Å². The van der Waals surface area contributed by atoms with E-state index in [-0.39, 0.29) is 25.5 Å². The summed E-state index contributed by atoms with van der Waals surface area (Å²) in [5.41, 5.74) is 2.19. The van der Waals surface area contributed by atoms with Gasteiger partial charge in [-0.3, -0.25) is 9.69 Å². The molecule has 260 valence electrons. The summed E-state index contributed by atoms with van der Waals surface area (Å²) in [5.74, 6) is -2.34. The molecule has 4 heterocycles. The number of amides is 1. The van der Waals surface area contributed by atoms with E-state index < -0.39 is 43.4 Å². The monoisotopic (exact) mass is 693 g/mol. The number of hydrogen-bond acceptors (Lipinski definition) is 5. The second-order valence-corrected chi connectivity index (χ2v) is 15.6. The predicted octanol–water partition coefficient (Wildman–Crippen LogP) is 6.49. The van der Waals surface area contributed by atoms with E-state index >= 15 is 0 Å². The van der Waals surface area contributed by atoms with Crippen LogP contribution in [0.3, 0.4) is 0 Å². The first-order valence-corrected chi connectivity index (χ1v) is 18.7. The lowest BCUT2D eigenvalue weighted by Crippen LogP contribution is -2.49. The minimum Gasteiger partial charge on any atom is -0.338 e. The maximum absolute atomic E-state index is 14.9. The van der Waals surface area contributed by atoms with Crippen molar-refractivity contribution in [2.24, 2.45) is 0 Å². The number of likely N-dealkylation sites (tertiary alicyclic amines) is 1. The Labute approximate surface area is 285 Å². The van der Waals surface area contributed by atoms with E-state index in [1.54, 1.807) is 19.1 Å². The van der Waals surface area contributed by atoms with Gasteiger partial charge in [0.05, 0.1) is 16.6 Å². The molecule has 12 heteroatoms. The van der Waals surface area contributed by atoms with Gasteiger partial charge in [-0.1, -0.05) is 31.2 Å². The minimum atomic E-state index is -4.26. The van der Waals surface area contributed by atoms with Gasteiger partial charge < -0.3 is 9.47 Å². The molecule has 3 aromatic carbocycles. The Morgan fingerprint density at radius 2 is 1.65 bits per heavy atom. The number of aromatic nitrogens is 2. The van der Waals surface area contributed by atoms with Gasteiger partial charge in [0, 0.05) is 43.8 Å². The number of carbonyl (C=O) groups is 1. The van der Waals surface area contributed by atoms with Crippen LogP contribution < -0.4 is 4.72 Å². The number of nitrogens with one attached hydrogen (secondary N) is 1. The highest BCUT2D eigenvalue weighted by molar-refractivity contribution is 7.89. The molecule has 1 N–H and O–H groups in total. The van der Waals surface area contributed by atoms with E-state index in [1.165, 1.54) is 16.5 Å². The van der Waals surface area contributed by atoms with Gasteiger partial charge in [-0.05, 0) is 99.7 Å². The molecule has 0 radical (unpaired) electrons. The van der Waals surface area contributed by atoms with Crippen LogP contribution in [0.4, 0.5) is 13.2 Å². The molecule has 3 saturated heterocycles. The maximum atomic E-state index is 14.9. The Kier molecular flexibility index (Phi) is 9.08. The number of nitrogens with zero attached hydrogens (tertiary/aromatic N) is 4. The van der Waals surface area contributed by atoms with Crippen molar-refractivity contribution in [3.63, 3.8) is 0 Å². The number of halogens is 3. The van der Waals surface area contributed by atoms with Crippen molar-refractivity contribution in [2.75, 3.05) is 26.2 Å². The Hall–Kier alpha value is -3.74. The molecule has 0 aliphatic carbocycles. The Balaban J connectivity index is 1.09. The number of sulfonamides is 1. The second-order valence-electron chi connectivity index (χ2n) is 13.9. The molecule has 3 atom stereocenters. The van der Waals surface area contributed by atoms with E-state index in [1.807, 2.05) is 12.1 Å². The van der Waals surface area contributed by atoms with Crippen LogP contribution in [0.15, 0.2) is 65.6 Å². The Morgan fingerprint density at radius 1 is 0.939 bits per heavy atom. The Bertz CT molecular complexity index is 1980. The standard InChI is InChI=1S/C37H42F3N5O3S/c1-3-41-49(47,48)35-22-30(31(39)23-32(35)40)36(46)43-16-13-37(14-17-43,25-7-6-8-26(38)19-25)15-18-44-27-11-12-28(44)21-29(20-27)45-24(2)42-33-9-4-5-10-34(33)45/h4-10,19,22-23,27-29,41H,3,11-18,20-21H2,1-2H3/t27-,28+,29?. The molecule has 3 aliphatic heterocycles. The van der Waals surface area contributed by atoms with Crippen molar-refractivity contribution in [2.45, 2.75) is 87.2 Å². The van der Waals surface area contributed by atoms with Crippen molar-refractivity contribution < 1.29 is 26.4 Å². The van der Waals surface area contributed by atoms with Crippen molar-refractivity contribution in [1.82, 2.24) is 24.1 Å². The SMILES string of the molecule is CCNS(=O)(=O)c1cc(C(=O)N2CCC(CCN3[C@@H]4CC[C@H]3CC(n3c(C)nc5ccccc53)C4)(c3cccc(F)c3)CC2)c(F)cc1F. The summed E-state index contributed by atoms with van der Waals surface area (Å²) in [6.07, 6.45) is 6.19. The highest BCUT2D eigenvalue weighted by atomic mass is 32.2. The molecular weight excluding hydrogens is 652 g/mol. The van der Waals surface area contributed by atoms with E-state index in [0.717, 1.165) is 61.6 Å². The van der Waals surface area contributed by atoms with Crippen molar-refractivity contribution in [1.29, 1.82) is 0 Å². The molecule has 0 saturated carbocycles. The molecule has 4 aromatic rings. The average Bonchev–Trinajstić information content (AvgIpc) is 3.53. The summed E-state index contributed by atoms with van der Waals surface area (Å²) < 4.78 is 73.8. The van der Waals surface area contributed by atoms with Crippen LogP contribution >= 0.6 is 0 Å². The first kappa shape index (κ1) is 33.7. The summed E-state index contributed by atoms with van der Waals surface area (Å²) in [4.78, 5) is 21.8. The first-order chi connectivity index (χ1) is 23.5. The van der Waals surface area contributed by atoms with Gasteiger partial charge in [-0.25, -0.2) is 31.3 Å². The van der Waals surface area contributed by atoms with Crippen molar-refractivity contribution >= 4 is 27.0 Å². The fraction of sp³-hybridized carbons (Fsp3) is 0.459. The molecule has 3 fully saturated rings. The van der Waals surface area contributed by atoms with E-state index in [9.17, 15) is 26.4 Å². The quantitative estimate of drug-likeness (QED) is 0.217.